The van der Waals surface area contributed by atoms with Crippen molar-refractivity contribution in [1.29, 1.82) is 0 Å². The van der Waals surface area contributed by atoms with Gasteiger partial charge in [0.05, 0.1) is 25.5 Å². The maximum absolute atomic E-state index is 12.4. The Kier molecular flexibility index (Phi) is 6.81. The minimum atomic E-state index is -0.732. The van der Waals surface area contributed by atoms with Crippen molar-refractivity contribution in [2.75, 3.05) is 44.7 Å². The van der Waals surface area contributed by atoms with Crippen LogP contribution in [0.25, 0.3) is 0 Å². The molecule has 3 rings (SSSR count). The van der Waals surface area contributed by atoms with Crippen molar-refractivity contribution in [2.24, 2.45) is 0 Å². The minimum absolute atomic E-state index is 0.152. The lowest BCUT2D eigenvalue weighted by Crippen LogP contribution is -2.22. The Morgan fingerprint density at radius 2 is 1.71 bits per heavy atom. The lowest BCUT2D eigenvalue weighted by molar-refractivity contribution is -0.119. The summed E-state index contributed by atoms with van der Waals surface area (Å²) in [6.07, 6.45) is 0. The van der Waals surface area contributed by atoms with Crippen LogP contribution in [0.3, 0.4) is 0 Å². The molecule has 0 aliphatic carbocycles. The molecule has 2 N–H and O–H groups in total. The summed E-state index contributed by atoms with van der Waals surface area (Å²) in [6.45, 7) is 1.55. The van der Waals surface area contributed by atoms with Gasteiger partial charge >= 0.3 is 5.97 Å². The number of ether oxygens (including phenoxy) is 5. The van der Waals surface area contributed by atoms with Crippen LogP contribution in [0.15, 0.2) is 30.3 Å². The van der Waals surface area contributed by atoms with Crippen LogP contribution in [0.1, 0.15) is 17.3 Å². The summed E-state index contributed by atoms with van der Waals surface area (Å²) < 4.78 is 26.5. The van der Waals surface area contributed by atoms with Crippen LogP contribution in [0.4, 0.5) is 11.4 Å². The van der Waals surface area contributed by atoms with Crippen molar-refractivity contribution < 1.29 is 38.1 Å². The predicted octanol–water partition coefficient (Wildman–Crippen LogP) is 2.23. The summed E-state index contributed by atoms with van der Waals surface area (Å²) in [4.78, 5) is 36.0. The molecule has 0 saturated heterocycles. The molecule has 0 bridgehead atoms. The highest BCUT2D eigenvalue weighted by atomic mass is 16.6. The van der Waals surface area contributed by atoms with Crippen LogP contribution in [0, 0.1) is 0 Å². The zero-order valence-corrected chi connectivity index (χ0v) is 17.3. The first-order valence-electron chi connectivity index (χ1n) is 9.31. The number of amides is 2. The van der Waals surface area contributed by atoms with Gasteiger partial charge in [0.1, 0.15) is 19.0 Å². The molecule has 10 heteroatoms. The molecule has 31 heavy (non-hydrogen) atoms. The van der Waals surface area contributed by atoms with Crippen LogP contribution in [-0.2, 0) is 14.3 Å². The number of rotatable bonds is 7. The van der Waals surface area contributed by atoms with Gasteiger partial charge in [-0.2, -0.15) is 0 Å². The van der Waals surface area contributed by atoms with Gasteiger partial charge < -0.3 is 34.3 Å². The predicted molar refractivity (Wildman–Crippen MR) is 110 cm³/mol. The van der Waals surface area contributed by atoms with Gasteiger partial charge in [0.15, 0.2) is 18.1 Å². The van der Waals surface area contributed by atoms with Crippen LogP contribution < -0.4 is 29.6 Å². The van der Waals surface area contributed by atoms with E-state index in [0.717, 1.165) is 0 Å². The Bertz CT molecular complexity index is 988. The van der Waals surface area contributed by atoms with E-state index in [4.69, 9.17) is 23.7 Å². The number of hydrogen-bond donors (Lipinski definition) is 2. The second kappa shape index (κ2) is 9.70. The molecule has 0 atom stereocenters. The fourth-order valence-corrected chi connectivity index (χ4v) is 2.88. The van der Waals surface area contributed by atoms with E-state index in [1.165, 1.54) is 39.3 Å². The fraction of sp³-hybridized carbons (Fsp3) is 0.286. The van der Waals surface area contributed by atoms with Crippen molar-refractivity contribution >= 4 is 29.2 Å². The standard InChI is InChI=1S/C21H22N2O8/c1-12(24)22-14-4-5-16(27-2)15(10-14)23-19(25)11-31-21(26)13-8-17(28-3)20-18(9-13)29-6-7-30-20/h4-5,8-10H,6-7,11H2,1-3H3,(H,22,24)(H,23,25). The quantitative estimate of drug-likeness (QED) is 0.642. The minimum Gasteiger partial charge on any atom is -0.495 e. The van der Waals surface area contributed by atoms with Gasteiger partial charge in [0.2, 0.25) is 11.7 Å². The van der Waals surface area contributed by atoms with Gasteiger partial charge in [-0.05, 0) is 30.3 Å². The van der Waals surface area contributed by atoms with E-state index < -0.39 is 18.5 Å². The smallest absolute Gasteiger partial charge is 0.338 e. The van der Waals surface area contributed by atoms with Crippen LogP contribution in [0.5, 0.6) is 23.0 Å². The lowest BCUT2D eigenvalue weighted by atomic mass is 10.1. The molecule has 2 aromatic carbocycles. The normalized spacial score (nSPS) is 11.8. The zero-order chi connectivity index (χ0) is 22.4. The van der Waals surface area contributed by atoms with Gasteiger partial charge in [-0.3, -0.25) is 9.59 Å². The van der Waals surface area contributed by atoms with E-state index >= 15 is 0 Å². The Balaban J connectivity index is 1.66. The number of nitrogens with one attached hydrogen (secondary N) is 2. The highest BCUT2D eigenvalue weighted by Gasteiger charge is 2.22. The Morgan fingerprint density at radius 1 is 0.968 bits per heavy atom. The summed E-state index contributed by atoms with van der Waals surface area (Å²) in [5.74, 6) is -0.0964. The van der Waals surface area contributed by atoms with Gasteiger partial charge in [0.25, 0.3) is 5.91 Å². The van der Waals surface area contributed by atoms with Gasteiger partial charge in [-0.25, -0.2) is 4.79 Å². The SMILES string of the molecule is COc1ccc(NC(C)=O)cc1NC(=O)COC(=O)c1cc(OC)c2c(c1)OCCO2. The van der Waals surface area contributed by atoms with E-state index in [9.17, 15) is 14.4 Å². The summed E-state index contributed by atoms with van der Waals surface area (Å²) in [5.41, 5.74) is 0.943. The number of anilines is 2. The number of methoxy groups -OCH3 is 2. The molecular formula is C21H22N2O8. The maximum Gasteiger partial charge on any atom is 0.338 e. The van der Waals surface area contributed by atoms with Gasteiger partial charge in [-0.1, -0.05) is 0 Å². The maximum atomic E-state index is 12.4. The Hall–Kier alpha value is -3.95. The zero-order valence-electron chi connectivity index (χ0n) is 17.3. The summed E-state index contributed by atoms with van der Waals surface area (Å²) in [6, 6.07) is 7.68. The number of fused-ring (bicyclic) bond motifs is 1. The highest BCUT2D eigenvalue weighted by molar-refractivity contribution is 5.98. The second-order valence-corrected chi connectivity index (χ2v) is 6.42. The molecule has 2 aromatic rings. The first-order chi connectivity index (χ1) is 14.9. The van der Waals surface area contributed by atoms with Crippen molar-refractivity contribution in [3.63, 3.8) is 0 Å². The molecule has 0 aromatic heterocycles. The number of carbonyl (C=O) groups excluding carboxylic acids is 3. The van der Waals surface area contributed by atoms with Crippen LogP contribution >= 0.6 is 0 Å². The summed E-state index contributed by atoms with van der Waals surface area (Å²) >= 11 is 0. The molecule has 0 saturated carbocycles. The van der Waals surface area contributed by atoms with E-state index in [1.54, 1.807) is 12.1 Å². The Labute approximate surface area is 178 Å². The first-order valence-corrected chi connectivity index (χ1v) is 9.31. The van der Waals surface area contributed by atoms with Crippen LogP contribution in [0.2, 0.25) is 0 Å². The molecule has 2 amide bonds. The molecule has 1 aliphatic heterocycles. The molecule has 0 spiro atoms. The van der Waals surface area contributed by atoms with Crippen molar-refractivity contribution in [2.45, 2.75) is 6.92 Å². The fourth-order valence-electron chi connectivity index (χ4n) is 2.88. The van der Waals surface area contributed by atoms with Crippen molar-refractivity contribution in [3.8, 4) is 23.0 Å². The first kappa shape index (κ1) is 21.8. The monoisotopic (exact) mass is 430 g/mol. The number of hydrogen-bond acceptors (Lipinski definition) is 8. The van der Waals surface area contributed by atoms with E-state index in [1.807, 2.05) is 0 Å². The topological polar surface area (TPSA) is 121 Å². The highest BCUT2D eigenvalue weighted by Crippen LogP contribution is 2.40. The second-order valence-electron chi connectivity index (χ2n) is 6.42. The number of carbonyl (C=O) groups is 3. The number of benzene rings is 2. The summed E-state index contributed by atoms with van der Waals surface area (Å²) in [5, 5.41) is 5.20. The third-order valence-electron chi connectivity index (χ3n) is 4.19. The molecular weight excluding hydrogens is 408 g/mol. The van der Waals surface area contributed by atoms with E-state index in [2.05, 4.69) is 10.6 Å². The van der Waals surface area contributed by atoms with Crippen LogP contribution in [-0.4, -0.2) is 51.8 Å². The molecule has 10 nitrogen and oxygen atoms in total. The van der Waals surface area contributed by atoms with E-state index in [-0.39, 0.29) is 11.5 Å². The molecule has 164 valence electrons. The lowest BCUT2D eigenvalue weighted by Gasteiger charge is -2.21. The summed E-state index contributed by atoms with van der Waals surface area (Å²) in [7, 11) is 2.89. The average molecular weight is 430 g/mol. The van der Waals surface area contributed by atoms with Gasteiger partial charge in [0, 0.05) is 12.6 Å². The molecule has 0 radical (unpaired) electrons. The third kappa shape index (κ3) is 5.35. The number of esters is 1. The Morgan fingerprint density at radius 3 is 2.42 bits per heavy atom. The molecule has 1 aliphatic rings. The van der Waals surface area contributed by atoms with Crippen molar-refractivity contribution in [3.05, 3.63) is 35.9 Å². The van der Waals surface area contributed by atoms with E-state index in [0.29, 0.717) is 47.6 Å². The largest absolute Gasteiger partial charge is 0.495 e. The van der Waals surface area contributed by atoms with Gasteiger partial charge in [-0.15, -0.1) is 0 Å². The molecule has 1 heterocycles. The average Bonchev–Trinajstić information content (AvgIpc) is 2.76. The third-order valence-corrected chi connectivity index (χ3v) is 4.19. The van der Waals surface area contributed by atoms with Crippen molar-refractivity contribution in [1.82, 2.24) is 0 Å². The molecule has 0 unspecified atom stereocenters. The molecule has 0 fully saturated rings.